The molecule has 0 aromatic carbocycles. The molecule has 0 spiro atoms. The average molecular weight is 256 g/mol. The summed E-state index contributed by atoms with van der Waals surface area (Å²) in [6, 6.07) is -1.43. The van der Waals surface area contributed by atoms with Crippen molar-refractivity contribution in [3.8, 4) is 0 Å². The summed E-state index contributed by atoms with van der Waals surface area (Å²) in [5.41, 5.74) is 5.94. The Morgan fingerprint density at radius 2 is 1.78 bits per heavy atom. The molecule has 1 rings (SSSR count). The van der Waals surface area contributed by atoms with E-state index in [2.05, 4.69) is 5.32 Å². The van der Waals surface area contributed by atoms with Crippen LogP contribution in [0.1, 0.15) is 46.0 Å². The van der Waals surface area contributed by atoms with Crippen molar-refractivity contribution in [1.82, 2.24) is 5.32 Å². The van der Waals surface area contributed by atoms with E-state index in [1.165, 1.54) is 6.42 Å². The van der Waals surface area contributed by atoms with Crippen molar-refractivity contribution >= 4 is 11.9 Å². The molecule has 0 unspecified atom stereocenters. The van der Waals surface area contributed by atoms with Crippen LogP contribution in [0.15, 0.2) is 0 Å². The lowest BCUT2D eigenvalue weighted by molar-refractivity contribution is -0.143. The summed E-state index contributed by atoms with van der Waals surface area (Å²) < 4.78 is 0. The van der Waals surface area contributed by atoms with E-state index >= 15 is 0 Å². The van der Waals surface area contributed by atoms with Crippen LogP contribution in [0.25, 0.3) is 0 Å². The predicted octanol–water partition coefficient (Wildman–Crippen LogP) is 1.12. The summed E-state index contributed by atoms with van der Waals surface area (Å²) >= 11 is 0. The number of nitrogens with two attached hydrogens (primary N) is 1. The number of hydrogen-bond donors (Lipinski definition) is 3. The first kappa shape index (κ1) is 15.0. The van der Waals surface area contributed by atoms with Gasteiger partial charge in [-0.25, -0.2) is 4.79 Å². The van der Waals surface area contributed by atoms with Crippen LogP contribution < -0.4 is 11.1 Å². The maximum absolute atomic E-state index is 12.0. The van der Waals surface area contributed by atoms with Crippen molar-refractivity contribution in [1.29, 1.82) is 0 Å². The zero-order chi connectivity index (χ0) is 13.7. The standard InChI is InChI=1S/C13H24N2O3/c1-8(2)11(13(17)18)15-12(16)10(14)9-6-4-3-5-7-9/h8-11H,3-7,14H2,1-2H3,(H,15,16)(H,17,18)/t10-,11-/m0/s1. The summed E-state index contributed by atoms with van der Waals surface area (Å²) in [6.45, 7) is 3.54. The van der Waals surface area contributed by atoms with Gasteiger partial charge >= 0.3 is 5.97 Å². The van der Waals surface area contributed by atoms with Gasteiger partial charge in [0.25, 0.3) is 0 Å². The molecule has 2 atom stereocenters. The van der Waals surface area contributed by atoms with Gasteiger partial charge in [-0.05, 0) is 24.7 Å². The molecule has 18 heavy (non-hydrogen) atoms. The maximum Gasteiger partial charge on any atom is 0.326 e. The zero-order valence-electron chi connectivity index (χ0n) is 11.2. The third-order valence-corrected chi connectivity index (χ3v) is 3.69. The first-order valence-electron chi connectivity index (χ1n) is 6.72. The second-order valence-electron chi connectivity index (χ2n) is 5.49. The molecule has 1 fully saturated rings. The topological polar surface area (TPSA) is 92.4 Å². The van der Waals surface area contributed by atoms with Gasteiger partial charge < -0.3 is 16.2 Å². The van der Waals surface area contributed by atoms with Gasteiger partial charge in [-0.15, -0.1) is 0 Å². The molecule has 0 bridgehead atoms. The number of hydrogen-bond acceptors (Lipinski definition) is 3. The van der Waals surface area contributed by atoms with Crippen LogP contribution in [0.4, 0.5) is 0 Å². The molecule has 1 aliphatic carbocycles. The molecular weight excluding hydrogens is 232 g/mol. The first-order chi connectivity index (χ1) is 8.43. The van der Waals surface area contributed by atoms with E-state index < -0.39 is 18.1 Å². The number of amides is 1. The van der Waals surface area contributed by atoms with Gasteiger partial charge in [0.05, 0.1) is 6.04 Å². The lowest BCUT2D eigenvalue weighted by Crippen LogP contribution is -2.53. The van der Waals surface area contributed by atoms with Crippen molar-refractivity contribution < 1.29 is 14.7 Å². The number of rotatable bonds is 5. The molecule has 0 heterocycles. The fourth-order valence-corrected chi connectivity index (χ4v) is 2.47. The largest absolute Gasteiger partial charge is 0.480 e. The Balaban J connectivity index is 2.54. The highest BCUT2D eigenvalue weighted by molar-refractivity contribution is 5.87. The number of carboxylic acids is 1. The summed E-state index contributed by atoms with van der Waals surface area (Å²) in [4.78, 5) is 23.0. The highest BCUT2D eigenvalue weighted by Crippen LogP contribution is 2.25. The summed E-state index contributed by atoms with van der Waals surface area (Å²) in [7, 11) is 0. The van der Waals surface area contributed by atoms with Gasteiger partial charge in [-0.3, -0.25) is 4.79 Å². The van der Waals surface area contributed by atoms with Crippen molar-refractivity contribution in [2.45, 2.75) is 58.0 Å². The molecule has 4 N–H and O–H groups in total. The SMILES string of the molecule is CC(C)[C@H](NC(=O)[C@@H](N)C1CCCCC1)C(=O)O. The smallest absolute Gasteiger partial charge is 0.326 e. The molecule has 1 aliphatic rings. The van der Waals surface area contributed by atoms with Crippen molar-refractivity contribution in [2.75, 3.05) is 0 Å². The van der Waals surface area contributed by atoms with Crippen LogP contribution in [0.3, 0.4) is 0 Å². The predicted molar refractivity (Wildman–Crippen MR) is 69.0 cm³/mol. The Hall–Kier alpha value is -1.10. The minimum atomic E-state index is -1.01. The molecule has 1 saturated carbocycles. The van der Waals surface area contributed by atoms with Crippen molar-refractivity contribution in [2.24, 2.45) is 17.6 Å². The number of carbonyl (C=O) groups is 2. The van der Waals surface area contributed by atoms with Gasteiger partial charge in [0.15, 0.2) is 0 Å². The molecule has 0 radical (unpaired) electrons. The minimum absolute atomic E-state index is 0.148. The van der Waals surface area contributed by atoms with Gasteiger partial charge in [0.1, 0.15) is 6.04 Å². The molecule has 5 nitrogen and oxygen atoms in total. The number of aliphatic carboxylic acids is 1. The number of carbonyl (C=O) groups excluding carboxylic acids is 1. The third-order valence-electron chi connectivity index (χ3n) is 3.69. The van der Waals surface area contributed by atoms with Crippen molar-refractivity contribution in [3.05, 3.63) is 0 Å². The minimum Gasteiger partial charge on any atom is -0.480 e. The van der Waals surface area contributed by atoms with Gasteiger partial charge in [0, 0.05) is 0 Å². The summed E-state index contributed by atoms with van der Waals surface area (Å²) in [5.74, 6) is -1.29. The lowest BCUT2D eigenvalue weighted by Gasteiger charge is -2.28. The monoisotopic (exact) mass is 256 g/mol. The number of nitrogens with one attached hydrogen (secondary N) is 1. The van der Waals surface area contributed by atoms with Crippen LogP contribution in [0.2, 0.25) is 0 Å². The quantitative estimate of drug-likeness (QED) is 0.687. The van der Waals surface area contributed by atoms with Crippen LogP contribution in [0.5, 0.6) is 0 Å². The van der Waals surface area contributed by atoms with Crippen molar-refractivity contribution in [3.63, 3.8) is 0 Å². The average Bonchev–Trinajstić information content (AvgIpc) is 2.35. The highest BCUT2D eigenvalue weighted by Gasteiger charge is 2.30. The summed E-state index contributed by atoms with van der Waals surface area (Å²) in [5, 5.41) is 11.6. The molecule has 0 aromatic rings. The maximum atomic E-state index is 12.0. The van der Waals surface area contributed by atoms with E-state index in [0.717, 1.165) is 25.7 Å². The van der Waals surface area contributed by atoms with Gasteiger partial charge in [-0.2, -0.15) is 0 Å². The first-order valence-corrected chi connectivity index (χ1v) is 6.72. The Kier molecular flexibility index (Phi) is 5.59. The fraction of sp³-hybridized carbons (Fsp3) is 0.846. The van der Waals surface area contributed by atoms with E-state index in [1.807, 2.05) is 0 Å². The molecule has 0 saturated heterocycles. The van der Waals surface area contributed by atoms with E-state index in [9.17, 15) is 9.59 Å². The second-order valence-corrected chi connectivity index (χ2v) is 5.49. The highest BCUT2D eigenvalue weighted by atomic mass is 16.4. The van der Waals surface area contributed by atoms with Crippen LogP contribution in [-0.2, 0) is 9.59 Å². The van der Waals surface area contributed by atoms with E-state index in [4.69, 9.17) is 10.8 Å². The van der Waals surface area contributed by atoms with Crippen LogP contribution in [0, 0.1) is 11.8 Å². The fourth-order valence-electron chi connectivity index (χ4n) is 2.47. The Morgan fingerprint density at radius 1 is 1.22 bits per heavy atom. The van der Waals surface area contributed by atoms with E-state index in [1.54, 1.807) is 13.8 Å². The van der Waals surface area contributed by atoms with E-state index in [-0.39, 0.29) is 17.7 Å². The lowest BCUT2D eigenvalue weighted by atomic mass is 9.84. The Bertz CT molecular complexity index is 299. The summed E-state index contributed by atoms with van der Waals surface area (Å²) in [6.07, 6.45) is 5.35. The molecule has 104 valence electrons. The van der Waals surface area contributed by atoms with Crippen LogP contribution >= 0.6 is 0 Å². The molecule has 0 aliphatic heterocycles. The zero-order valence-corrected chi connectivity index (χ0v) is 11.2. The Morgan fingerprint density at radius 3 is 2.22 bits per heavy atom. The second kappa shape index (κ2) is 6.73. The van der Waals surface area contributed by atoms with Gasteiger partial charge in [-0.1, -0.05) is 33.1 Å². The Labute approximate surface area is 108 Å². The molecular formula is C13H24N2O3. The normalized spacial score (nSPS) is 20.4. The molecule has 5 heteroatoms. The number of carboxylic acid groups (broad SMARTS) is 1. The third kappa shape index (κ3) is 3.98. The molecule has 0 aromatic heterocycles. The van der Waals surface area contributed by atoms with Gasteiger partial charge in [0.2, 0.25) is 5.91 Å². The van der Waals surface area contributed by atoms with Crippen LogP contribution in [-0.4, -0.2) is 29.1 Å². The molecule has 1 amide bonds. The van der Waals surface area contributed by atoms with E-state index in [0.29, 0.717) is 0 Å².